The fourth-order valence-corrected chi connectivity index (χ4v) is 4.10. The number of amides is 1. The fourth-order valence-electron chi connectivity index (χ4n) is 4.10. The summed E-state index contributed by atoms with van der Waals surface area (Å²) in [5, 5.41) is 4.37. The Bertz CT molecular complexity index is 1220. The van der Waals surface area contributed by atoms with Crippen molar-refractivity contribution in [3.8, 4) is 5.75 Å². The maximum absolute atomic E-state index is 13.1. The van der Waals surface area contributed by atoms with Crippen LogP contribution >= 0.6 is 0 Å². The molecule has 6 nitrogen and oxygen atoms in total. The molecule has 1 heterocycles. The molecular weight excluding hydrogens is 416 g/mol. The molecule has 1 aromatic heterocycles. The molecule has 2 aromatic carbocycles. The molecule has 0 aliphatic heterocycles. The number of hydrogen-bond acceptors (Lipinski definition) is 5. The predicted octanol–water partition coefficient (Wildman–Crippen LogP) is 5.71. The monoisotopic (exact) mass is 444 g/mol. The lowest BCUT2D eigenvalue weighted by Gasteiger charge is -2.13. The van der Waals surface area contributed by atoms with Crippen LogP contribution in [-0.2, 0) is 6.42 Å². The third-order valence-electron chi connectivity index (χ3n) is 5.83. The Morgan fingerprint density at radius 2 is 1.82 bits per heavy atom. The third kappa shape index (κ3) is 4.75. The van der Waals surface area contributed by atoms with E-state index in [2.05, 4.69) is 24.4 Å². The first-order valence-corrected chi connectivity index (χ1v) is 11.2. The van der Waals surface area contributed by atoms with Gasteiger partial charge in [0.05, 0.1) is 5.71 Å². The van der Waals surface area contributed by atoms with E-state index in [4.69, 9.17) is 9.15 Å². The van der Waals surface area contributed by atoms with Gasteiger partial charge in [0.15, 0.2) is 0 Å². The highest BCUT2D eigenvalue weighted by Crippen LogP contribution is 2.32. The molecule has 4 rings (SSSR count). The maximum atomic E-state index is 13.1. The second-order valence-corrected chi connectivity index (χ2v) is 8.66. The molecule has 1 amide bonds. The largest absolute Gasteiger partial charge is 0.453 e. The highest BCUT2D eigenvalue weighted by Gasteiger charge is 2.29. The van der Waals surface area contributed by atoms with Crippen LogP contribution < -0.4 is 10.2 Å². The number of furan rings is 1. The van der Waals surface area contributed by atoms with E-state index < -0.39 is 5.97 Å². The summed E-state index contributed by atoms with van der Waals surface area (Å²) in [7, 11) is 0. The summed E-state index contributed by atoms with van der Waals surface area (Å²) in [4.78, 5) is 25.5. The average Bonchev–Trinajstić information content (AvgIpc) is 3.15. The molecule has 0 spiro atoms. The fraction of sp³-hybridized carbons (Fsp3) is 0.296. The van der Waals surface area contributed by atoms with Crippen molar-refractivity contribution in [3.05, 3.63) is 87.9 Å². The summed E-state index contributed by atoms with van der Waals surface area (Å²) < 4.78 is 11.7. The van der Waals surface area contributed by atoms with Gasteiger partial charge >= 0.3 is 5.97 Å². The van der Waals surface area contributed by atoms with E-state index in [1.54, 1.807) is 24.3 Å². The number of nitrogens with zero attached hydrogens (tertiary/aromatic N) is 1. The maximum Gasteiger partial charge on any atom is 0.379 e. The lowest BCUT2D eigenvalue weighted by molar-refractivity contribution is 0.0696. The van der Waals surface area contributed by atoms with Gasteiger partial charge < -0.3 is 9.15 Å². The number of hydrogen-bond donors (Lipinski definition) is 1. The number of benzene rings is 2. The van der Waals surface area contributed by atoms with Crippen molar-refractivity contribution in [1.29, 1.82) is 0 Å². The molecule has 3 aromatic rings. The van der Waals surface area contributed by atoms with Crippen LogP contribution in [0.2, 0.25) is 0 Å². The SMILES string of the molecule is Cc1ccc(C(C)C)c(OC(=O)c2oc3c(c2C)/C(=N/NC(=O)c2ccccc2)CCC3)c1. The molecule has 170 valence electrons. The zero-order valence-electron chi connectivity index (χ0n) is 19.4. The Hall–Kier alpha value is -3.67. The van der Waals surface area contributed by atoms with Gasteiger partial charge in [-0.15, -0.1) is 0 Å². The Kier molecular flexibility index (Phi) is 6.45. The first-order chi connectivity index (χ1) is 15.8. The Balaban J connectivity index is 1.60. The van der Waals surface area contributed by atoms with E-state index in [9.17, 15) is 9.59 Å². The van der Waals surface area contributed by atoms with Crippen LogP contribution in [0.4, 0.5) is 0 Å². The van der Waals surface area contributed by atoms with Gasteiger partial charge in [-0.2, -0.15) is 5.10 Å². The number of carbonyl (C=O) groups excluding carboxylic acids is 2. The molecule has 0 bridgehead atoms. The Labute approximate surface area is 193 Å². The molecule has 1 aliphatic carbocycles. The number of rotatable bonds is 5. The van der Waals surface area contributed by atoms with Crippen molar-refractivity contribution in [2.24, 2.45) is 5.10 Å². The standard InChI is InChI=1S/C27H28N2O4/c1-16(2)20-14-13-17(3)15-23(20)33-27(31)25-18(4)24-21(11-8-12-22(24)32-25)28-29-26(30)19-9-6-5-7-10-19/h5-7,9-10,13-16H,8,11-12H2,1-4H3,(H,29,30)/b28-21+. The Morgan fingerprint density at radius 3 is 2.55 bits per heavy atom. The molecule has 6 heteroatoms. The van der Waals surface area contributed by atoms with E-state index in [1.807, 2.05) is 38.1 Å². The molecule has 1 N–H and O–H groups in total. The zero-order chi connectivity index (χ0) is 23.5. The first kappa shape index (κ1) is 22.5. The quantitative estimate of drug-likeness (QED) is 0.310. The number of nitrogens with one attached hydrogen (secondary N) is 1. The van der Waals surface area contributed by atoms with E-state index in [0.717, 1.165) is 23.1 Å². The molecular formula is C27H28N2O4. The second kappa shape index (κ2) is 9.45. The van der Waals surface area contributed by atoms with Crippen molar-refractivity contribution in [1.82, 2.24) is 5.43 Å². The number of carbonyl (C=O) groups is 2. The Morgan fingerprint density at radius 1 is 1.06 bits per heavy atom. The smallest absolute Gasteiger partial charge is 0.379 e. The number of fused-ring (bicyclic) bond motifs is 1. The van der Waals surface area contributed by atoms with Crippen LogP contribution in [0.1, 0.15) is 81.5 Å². The van der Waals surface area contributed by atoms with Crippen LogP contribution in [0.25, 0.3) is 0 Å². The minimum Gasteiger partial charge on any atom is -0.453 e. The zero-order valence-corrected chi connectivity index (χ0v) is 19.4. The van der Waals surface area contributed by atoms with E-state index >= 15 is 0 Å². The molecule has 33 heavy (non-hydrogen) atoms. The molecule has 0 atom stereocenters. The molecule has 0 unspecified atom stereocenters. The summed E-state index contributed by atoms with van der Waals surface area (Å²) in [5.74, 6) is 0.838. The van der Waals surface area contributed by atoms with Crippen molar-refractivity contribution in [3.63, 3.8) is 0 Å². The van der Waals surface area contributed by atoms with Gasteiger partial charge in [-0.25, -0.2) is 10.2 Å². The number of aryl methyl sites for hydroxylation is 2. The summed E-state index contributed by atoms with van der Waals surface area (Å²) in [6.07, 6.45) is 2.22. The number of ether oxygens (including phenoxy) is 1. The predicted molar refractivity (Wildman–Crippen MR) is 127 cm³/mol. The van der Waals surface area contributed by atoms with Crippen molar-refractivity contribution in [2.45, 2.75) is 52.9 Å². The normalized spacial score (nSPS) is 14.3. The van der Waals surface area contributed by atoms with Crippen LogP contribution in [0.3, 0.4) is 0 Å². The lowest BCUT2D eigenvalue weighted by atomic mass is 9.93. The van der Waals surface area contributed by atoms with E-state index in [0.29, 0.717) is 41.2 Å². The second-order valence-electron chi connectivity index (χ2n) is 8.66. The number of hydrazone groups is 1. The molecule has 0 fully saturated rings. The minimum atomic E-state index is -0.526. The van der Waals surface area contributed by atoms with Crippen LogP contribution in [0.5, 0.6) is 5.75 Å². The van der Waals surface area contributed by atoms with Crippen LogP contribution in [0, 0.1) is 13.8 Å². The summed E-state index contributed by atoms with van der Waals surface area (Å²) in [6.45, 7) is 7.92. The molecule has 0 radical (unpaired) electrons. The first-order valence-electron chi connectivity index (χ1n) is 11.2. The van der Waals surface area contributed by atoms with E-state index in [-0.39, 0.29) is 17.6 Å². The van der Waals surface area contributed by atoms with E-state index in [1.165, 1.54) is 0 Å². The summed E-state index contributed by atoms with van der Waals surface area (Å²) in [6, 6.07) is 14.8. The lowest BCUT2D eigenvalue weighted by Crippen LogP contribution is -2.22. The third-order valence-corrected chi connectivity index (χ3v) is 5.83. The van der Waals surface area contributed by atoms with Crippen molar-refractivity contribution in [2.75, 3.05) is 0 Å². The van der Waals surface area contributed by atoms with Crippen LogP contribution in [0.15, 0.2) is 58.0 Å². The van der Waals surface area contributed by atoms with Crippen molar-refractivity contribution >= 4 is 17.6 Å². The van der Waals surface area contributed by atoms with Crippen molar-refractivity contribution < 1.29 is 18.7 Å². The number of esters is 1. The van der Waals surface area contributed by atoms with Gasteiger partial charge in [0, 0.05) is 23.1 Å². The highest BCUT2D eigenvalue weighted by molar-refractivity contribution is 6.06. The van der Waals surface area contributed by atoms with Gasteiger partial charge in [0.1, 0.15) is 11.5 Å². The summed E-state index contributed by atoms with van der Waals surface area (Å²) in [5.41, 5.74) is 7.32. The van der Waals surface area contributed by atoms with Gasteiger partial charge in [0.2, 0.25) is 5.76 Å². The molecule has 0 saturated heterocycles. The summed E-state index contributed by atoms with van der Waals surface area (Å²) >= 11 is 0. The van der Waals surface area contributed by atoms with Gasteiger partial charge in [-0.05, 0) is 61.9 Å². The average molecular weight is 445 g/mol. The van der Waals surface area contributed by atoms with Crippen LogP contribution in [-0.4, -0.2) is 17.6 Å². The van der Waals surface area contributed by atoms with Gasteiger partial charge in [-0.3, -0.25) is 4.79 Å². The molecule has 1 aliphatic rings. The van der Waals surface area contributed by atoms with Gasteiger partial charge in [-0.1, -0.05) is 44.2 Å². The van der Waals surface area contributed by atoms with Gasteiger partial charge in [0.25, 0.3) is 5.91 Å². The highest BCUT2D eigenvalue weighted by atomic mass is 16.5. The molecule has 0 saturated carbocycles. The minimum absolute atomic E-state index is 0.181. The topological polar surface area (TPSA) is 80.9 Å².